The van der Waals surface area contributed by atoms with Gasteiger partial charge in [0.25, 0.3) is 0 Å². The Morgan fingerprint density at radius 1 is 1.04 bits per heavy atom. The van der Waals surface area contributed by atoms with Crippen LogP contribution in [0.15, 0.2) is 63.7 Å². The normalized spacial score (nSPS) is 17.9. The first-order valence-electron chi connectivity index (χ1n) is 8.65. The summed E-state index contributed by atoms with van der Waals surface area (Å²) in [4.78, 5) is 13.6. The summed E-state index contributed by atoms with van der Waals surface area (Å²) < 4.78 is 37.0. The van der Waals surface area contributed by atoms with Crippen LogP contribution in [0.5, 0.6) is 11.5 Å². The van der Waals surface area contributed by atoms with Crippen molar-refractivity contribution in [3.8, 4) is 11.5 Å². The second-order valence-electron chi connectivity index (χ2n) is 6.57. The van der Waals surface area contributed by atoms with Crippen molar-refractivity contribution >= 4 is 32.8 Å². The molecule has 0 bridgehead atoms. The number of benzene rings is 2. The topological polar surface area (TPSA) is 81.7 Å². The second kappa shape index (κ2) is 6.35. The van der Waals surface area contributed by atoms with E-state index in [9.17, 15) is 13.2 Å². The highest BCUT2D eigenvalue weighted by atomic mass is 32.2. The summed E-state index contributed by atoms with van der Waals surface area (Å²) in [6.07, 6.45) is 0.248. The van der Waals surface area contributed by atoms with Crippen molar-refractivity contribution in [3.63, 3.8) is 0 Å². The van der Waals surface area contributed by atoms with Crippen LogP contribution in [0, 0.1) is 0 Å². The Hall–Kier alpha value is -2.84. The quantitative estimate of drug-likeness (QED) is 0.707. The SMILES string of the molecule is O=C1C[C@@H](c2ccc3c(c2)OCO3)c2scc(S(=O)(=O)c3ccccc3)c2N1. The number of carbonyl (C=O) groups is 1. The number of sulfone groups is 1. The molecule has 28 heavy (non-hydrogen) atoms. The maximum Gasteiger partial charge on any atom is 0.231 e. The van der Waals surface area contributed by atoms with Crippen LogP contribution in [0.3, 0.4) is 0 Å². The van der Waals surface area contributed by atoms with Crippen LogP contribution < -0.4 is 14.8 Å². The lowest BCUT2D eigenvalue weighted by Crippen LogP contribution is -2.23. The van der Waals surface area contributed by atoms with Gasteiger partial charge in [-0.2, -0.15) is 0 Å². The highest BCUT2D eigenvalue weighted by Crippen LogP contribution is 2.47. The highest BCUT2D eigenvalue weighted by Gasteiger charge is 2.34. The van der Waals surface area contributed by atoms with Crippen LogP contribution in [0.25, 0.3) is 0 Å². The maximum absolute atomic E-state index is 13.1. The van der Waals surface area contributed by atoms with Crippen LogP contribution in [0.4, 0.5) is 5.69 Å². The van der Waals surface area contributed by atoms with Crippen molar-refractivity contribution in [1.29, 1.82) is 0 Å². The largest absolute Gasteiger partial charge is 0.454 e. The zero-order valence-corrected chi connectivity index (χ0v) is 16.2. The van der Waals surface area contributed by atoms with Gasteiger partial charge in [-0.25, -0.2) is 8.42 Å². The van der Waals surface area contributed by atoms with Crippen molar-refractivity contribution in [1.82, 2.24) is 0 Å². The van der Waals surface area contributed by atoms with E-state index in [0.29, 0.717) is 17.2 Å². The molecule has 0 radical (unpaired) electrons. The highest BCUT2D eigenvalue weighted by molar-refractivity contribution is 7.91. The predicted octanol–water partition coefficient (Wildman–Crippen LogP) is 3.78. The Morgan fingerprint density at radius 3 is 2.64 bits per heavy atom. The summed E-state index contributed by atoms with van der Waals surface area (Å²) in [7, 11) is -3.72. The number of hydrogen-bond acceptors (Lipinski definition) is 6. The Bertz CT molecular complexity index is 1180. The molecule has 0 saturated carbocycles. The Balaban J connectivity index is 1.61. The van der Waals surface area contributed by atoms with Gasteiger partial charge in [0.2, 0.25) is 22.5 Å². The molecule has 0 unspecified atom stereocenters. The molecule has 3 heterocycles. The molecule has 1 N–H and O–H groups in total. The van der Waals surface area contributed by atoms with Crippen LogP contribution in [0.2, 0.25) is 0 Å². The van der Waals surface area contributed by atoms with E-state index in [4.69, 9.17) is 9.47 Å². The van der Waals surface area contributed by atoms with Crippen molar-refractivity contribution in [3.05, 3.63) is 64.4 Å². The second-order valence-corrected chi connectivity index (χ2v) is 9.40. The first-order valence-corrected chi connectivity index (χ1v) is 11.0. The third-order valence-corrected chi connectivity index (χ3v) is 7.94. The number of fused-ring (bicyclic) bond motifs is 2. The molecule has 1 aromatic heterocycles. The average Bonchev–Trinajstić information content (AvgIpc) is 3.34. The summed E-state index contributed by atoms with van der Waals surface area (Å²) in [5.41, 5.74) is 1.28. The molecule has 6 nitrogen and oxygen atoms in total. The van der Waals surface area contributed by atoms with Crippen LogP contribution in [-0.2, 0) is 14.6 Å². The molecule has 0 fully saturated rings. The van der Waals surface area contributed by atoms with Crippen molar-refractivity contribution < 1.29 is 22.7 Å². The predicted molar refractivity (Wildman–Crippen MR) is 104 cm³/mol. The molecular formula is C20H15NO5S2. The minimum atomic E-state index is -3.72. The smallest absolute Gasteiger partial charge is 0.231 e. The lowest BCUT2D eigenvalue weighted by molar-refractivity contribution is -0.116. The summed E-state index contributed by atoms with van der Waals surface area (Å²) in [6.45, 7) is 0.174. The molecule has 1 atom stereocenters. The molecule has 5 rings (SSSR count). The van der Waals surface area contributed by atoms with Crippen LogP contribution >= 0.6 is 11.3 Å². The first-order chi connectivity index (χ1) is 13.5. The standard InChI is InChI=1S/C20H15NO5S2/c22-18-9-14(12-6-7-15-16(8-12)26-11-25-15)20-19(21-18)17(10-27-20)28(23,24)13-4-2-1-3-5-13/h1-8,10,14H,9,11H2,(H,21,22)/t14-/m0/s1. The molecule has 2 aromatic carbocycles. The zero-order chi connectivity index (χ0) is 19.3. The molecule has 2 aliphatic rings. The van der Waals surface area contributed by atoms with E-state index >= 15 is 0 Å². The van der Waals surface area contributed by atoms with Gasteiger partial charge in [0.1, 0.15) is 4.90 Å². The number of rotatable bonds is 3. The van der Waals surface area contributed by atoms with Gasteiger partial charge in [-0.05, 0) is 29.8 Å². The molecular weight excluding hydrogens is 398 g/mol. The summed E-state index contributed by atoms with van der Waals surface area (Å²) in [5, 5.41) is 4.38. The molecule has 0 saturated heterocycles. The third kappa shape index (κ3) is 2.68. The lowest BCUT2D eigenvalue weighted by atomic mass is 9.90. The van der Waals surface area contributed by atoms with Crippen LogP contribution in [-0.4, -0.2) is 21.1 Å². The number of carbonyl (C=O) groups excluding carboxylic acids is 1. The Labute approximate surface area is 165 Å². The summed E-state index contributed by atoms with van der Waals surface area (Å²) in [5.74, 6) is 0.863. The Morgan fingerprint density at radius 2 is 1.82 bits per heavy atom. The van der Waals surface area contributed by atoms with E-state index in [1.807, 2.05) is 18.2 Å². The van der Waals surface area contributed by atoms with E-state index < -0.39 is 9.84 Å². The monoisotopic (exact) mass is 413 g/mol. The average molecular weight is 413 g/mol. The van der Waals surface area contributed by atoms with Gasteiger partial charge in [-0.1, -0.05) is 24.3 Å². The van der Waals surface area contributed by atoms with E-state index in [1.54, 1.807) is 35.7 Å². The van der Waals surface area contributed by atoms with Gasteiger partial charge in [0, 0.05) is 22.6 Å². The van der Waals surface area contributed by atoms with Gasteiger partial charge in [-0.3, -0.25) is 4.79 Å². The van der Waals surface area contributed by atoms with Crippen molar-refractivity contribution in [2.45, 2.75) is 22.1 Å². The fraction of sp³-hybridized carbons (Fsp3) is 0.150. The molecule has 2 aliphatic heterocycles. The van der Waals surface area contributed by atoms with Crippen LogP contribution in [0.1, 0.15) is 22.8 Å². The molecule has 0 spiro atoms. The molecule has 142 valence electrons. The fourth-order valence-corrected chi connectivity index (χ4v) is 6.46. The van der Waals surface area contributed by atoms with Gasteiger partial charge in [0.15, 0.2) is 11.5 Å². The lowest BCUT2D eigenvalue weighted by Gasteiger charge is -2.24. The number of nitrogens with one attached hydrogen (secondary N) is 1. The van der Waals surface area contributed by atoms with E-state index in [0.717, 1.165) is 10.4 Å². The molecule has 8 heteroatoms. The molecule has 1 amide bonds. The number of amides is 1. The molecule has 3 aromatic rings. The van der Waals surface area contributed by atoms with Gasteiger partial charge >= 0.3 is 0 Å². The molecule has 0 aliphatic carbocycles. The first kappa shape index (κ1) is 17.3. The Kier molecular flexibility index (Phi) is 3.92. The fourth-order valence-electron chi connectivity index (χ4n) is 3.53. The van der Waals surface area contributed by atoms with Crippen molar-refractivity contribution in [2.75, 3.05) is 12.1 Å². The van der Waals surface area contributed by atoms with Gasteiger partial charge in [0.05, 0.1) is 10.6 Å². The van der Waals surface area contributed by atoms with Gasteiger partial charge < -0.3 is 14.8 Å². The number of anilines is 1. The summed E-state index contributed by atoms with van der Waals surface area (Å²) >= 11 is 1.35. The number of thiophene rings is 1. The maximum atomic E-state index is 13.1. The van der Waals surface area contributed by atoms with Gasteiger partial charge in [-0.15, -0.1) is 11.3 Å². The summed E-state index contributed by atoms with van der Waals surface area (Å²) in [6, 6.07) is 13.8. The van der Waals surface area contributed by atoms with E-state index in [1.165, 1.54) is 11.3 Å². The number of hydrogen-bond donors (Lipinski definition) is 1. The third-order valence-electron chi connectivity index (χ3n) is 4.90. The minimum absolute atomic E-state index is 0.137. The number of ether oxygens (including phenoxy) is 2. The van der Waals surface area contributed by atoms with E-state index in [-0.39, 0.29) is 34.8 Å². The zero-order valence-electron chi connectivity index (χ0n) is 14.5. The van der Waals surface area contributed by atoms with E-state index in [2.05, 4.69) is 5.32 Å². The minimum Gasteiger partial charge on any atom is -0.454 e. The van der Waals surface area contributed by atoms with Crippen molar-refractivity contribution in [2.24, 2.45) is 0 Å².